The molecule has 5 aromatic rings. The molecule has 0 amide bonds. The second kappa shape index (κ2) is 29.3. The summed E-state index contributed by atoms with van der Waals surface area (Å²) in [6.07, 6.45) is -10.6. The van der Waals surface area contributed by atoms with Crippen molar-refractivity contribution in [1.82, 2.24) is 0 Å². The Hall–Kier alpha value is -5.76. The minimum Gasteiger partial charge on any atom is -0.497 e. The second-order valence-electron chi connectivity index (χ2n) is 21.2. The SMILES string of the molecule is CC[C@@H](OC(C)=O)[C@@H](C)[C@@H]1O[C@@](O[C@@H]2C(OCc3ccccc3)[C@H](O[C@@H]3C(COCc4ccccc4)O[C@@H](Oc4ccc(OC)cc4)C(OCc4ccccc4)C3C)OC(COCc3ccccc3)[C@@H]2O)(C(=O)OC)CC(C)[C@H]1C. The first-order chi connectivity index (χ1) is 38.8. The van der Waals surface area contributed by atoms with Crippen LogP contribution in [0.3, 0.4) is 0 Å². The summed E-state index contributed by atoms with van der Waals surface area (Å²) in [4.78, 5) is 27.0. The lowest BCUT2D eigenvalue weighted by atomic mass is 9.76. The third-order valence-electron chi connectivity index (χ3n) is 15.5. The number of hydrogen-bond acceptors (Lipinski definition) is 16. The topological polar surface area (TPSA) is 174 Å². The summed E-state index contributed by atoms with van der Waals surface area (Å²) >= 11 is 0. The van der Waals surface area contributed by atoms with Crippen molar-refractivity contribution in [3.63, 3.8) is 0 Å². The standard InChI is InChI=1S/C64H80O16/c1-9-52(74-45(6)65)43(4)56-42(3)41(2)34-64(79-56,63(67)69-8)80-59-55(66)53(39-70-35-46-22-14-10-15-23-46)76-62(60(59)73-38-49-28-20-13-21-29-49)78-57-44(5)58(72-37-48-26-18-12-19-27-48)61(75-51-32-30-50(68-7)31-33-51)77-54(57)40-71-36-47-24-16-11-17-25-47/h10-33,41-44,52-62,66H,9,34-40H2,1-8H3/t41?,42-,43-,44?,52-,53?,54?,55+,56-,57+,58?,59+,60?,61-,62+,64+/m1/s1. The van der Waals surface area contributed by atoms with Crippen molar-refractivity contribution in [3.05, 3.63) is 168 Å². The van der Waals surface area contributed by atoms with Gasteiger partial charge in [0.15, 0.2) is 6.29 Å². The molecule has 1 N–H and O–H groups in total. The van der Waals surface area contributed by atoms with Crippen molar-refractivity contribution >= 4 is 11.9 Å². The number of carbonyl (C=O) groups excluding carboxylic acids is 2. The van der Waals surface area contributed by atoms with E-state index in [-0.39, 0.29) is 57.9 Å². The summed E-state index contributed by atoms with van der Waals surface area (Å²) in [6.45, 7) is 12.0. The van der Waals surface area contributed by atoms with Crippen LogP contribution in [-0.4, -0.2) is 118 Å². The molecular formula is C64H80O16. The average Bonchev–Trinajstić information content (AvgIpc) is 3.49. The smallest absolute Gasteiger partial charge is 0.366 e. The molecule has 0 radical (unpaired) electrons. The van der Waals surface area contributed by atoms with Gasteiger partial charge in [-0.2, -0.15) is 0 Å². The van der Waals surface area contributed by atoms with Crippen molar-refractivity contribution in [2.24, 2.45) is 23.7 Å². The lowest BCUT2D eigenvalue weighted by Gasteiger charge is -2.52. The normalized spacial score (nSPS) is 29.4. The zero-order chi connectivity index (χ0) is 56.6. The van der Waals surface area contributed by atoms with Gasteiger partial charge < -0.3 is 66.7 Å². The summed E-state index contributed by atoms with van der Waals surface area (Å²) in [7, 11) is 2.88. The Kier molecular flexibility index (Phi) is 22.1. The van der Waals surface area contributed by atoms with Gasteiger partial charge in [0.05, 0.1) is 66.1 Å². The Bertz CT molecular complexity index is 2610. The monoisotopic (exact) mass is 1100 g/mol. The number of methoxy groups -OCH3 is 2. The molecule has 3 aliphatic rings. The van der Waals surface area contributed by atoms with Gasteiger partial charge in [-0.1, -0.05) is 156 Å². The number of benzene rings is 5. The second-order valence-corrected chi connectivity index (χ2v) is 21.2. The van der Waals surface area contributed by atoms with Crippen molar-refractivity contribution in [2.75, 3.05) is 27.4 Å². The van der Waals surface area contributed by atoms with Gasteiger partial charge in [0.1, 0.15) is 54.2 Å². The van der Waals surface area contributed by atoms with Crippen molar-refractivity contribution in [2.45, 2.75) is 154 Å². The van der Waals surface area contributed by atoms with Gasteiger partial charge in [-0.05, 0) is 64.8 Å². The number of rotatable bonds is 26. The number of aliphatic hydroxyl groups excluding tert-OH is 1. The van der Waals surface area contributed by atoms with Crippen LogP contribution in [-0.2, 0) is 88.1 Å². The van der Waals surface area contributed by atoms with Gasteiger partial charge >= 0.3 is 11.9 Å². The Morgan fingerprint density at radius 3 is 1.64 bits per heavy atom. The molecule has 80 heavy (non-hydrogen) atoms. The van der Waals surface area contributed by atoms with Gasteiger partial charge in [-0.25, -0.2) is 4.79 Å². The molecule has 8 rings (SSSR count). The third-order valence-corrected chi connectivity index (χ3v) is 15.5. The fourth-order valence-electron chi connectivity index (χ4n) is 10.9. The molecule has 3 saturated heterocycles. The molecule has 16 nitrogen and oxygen atoms in total. The van der Waals surface area contributed by atoms with Crippen LogP contribution in [0.1, 0.15) is 76.6 Å². The lowest BCUT2D eigenvalue weighted by molar-refractivity contribution is -0.388. The van der Waals surface area contributed by atoms with Crippen LogP contribution in [0.5, 0.6) is 11.5 Å². The molecular weight excluding hydrogens is 1020 g/mol. The maximum absolute atomic E-state index is 14.7. The number of aliphatic hydroxyl groups is 1. The summed E-state index contributed by atoms with van der Waals surface area (Å²) in [5, 5.41) is 12.9. The number of carbonyl (C=O) groups is 2. The van der Waals surface area contributed by atoms with Crippen LogP contribution in [0, 0.1) is 23.7 Å². The van der Waals surface area contributed by atoms with E-state index in [9.17, 15) is 14.7 Å². The molecule has 16 atom stereocenters. The van der Waals surface area contributed by atoms with Crippen LogP contribution in [0.2, 0.25) is 0 Å². The Balaban J connectivity index is 1.20. The third kappa shape index (κ3) is 15.6. The predicted octanol–water partition coefficient (Wildman–Crippen LogP) is 9.80. The van der Waals surface area contributed by atoms with E-state index in [0.29, 0.717) is 17.9 Å². The first kappa shape index (κ1) is 60.3. The summed E-state index contributed by atoms with van der Waals surface area (Å²) in [5.41, 5.74) is 3.62. The molecule has 3 fully saturated rings. The fourth-order valence-corrected chi connectivity index (χ4v) is 10.9. The van der Waals surface area contributed by atoms with E-state index in [0.717, 1.165) is 22.3 Å². The zero-order valence-corrected chi connectivity index (χ0v) is 47.2. The average molecular weight is 1110 g/mol. The van der Waals surface area contributed by atoms with Crippen LogP contribution in [0.15, 0.2) is 146 Å². The van der Waals surface area contributed by atoms with Gasteiger partial charge in [-0.3, -0.25) is 4.79 Å². The highest BCUT2D eigenvalue weighted by atomic mass is 16.8. The number of esters is 2. The maximum atomic E-state index is 14.7. The molecule has 0 aromatic heterocycles. The molecule has 6 unspecified atom stereocenters. The number of ether oxygens (including phenoxy) is 13. The van der Waals surface area contributed by atoms with Crippen LogP contribution in [0.4, 0.5) is 0 Å². The molecule has 3 heterocycles. The highest BCUT2D eigenvalue weighted by molar-refractivity contribution is 5.78. The molecule has 5 aromatic carbocycles. The van der Waals surface area contributed by atoms with E-state index in [1.165, 1.54) is 14.0 Å². The molecule has 16 heteroatoms. The van der Waals surface area contributed by atoms with Crippen molar-refractivity contribution in [3.8, 4) is 11.5 Å². The predicted molar refractivity (Wildman–Crippen MR) is 296 cm³/mol. The molecule has 0 spiro atoms. The van der Waals surface area contributed by atoms with E-state index in [4.69, 9.17) is 61.6 Å². The van der Waals surface area contributed by atoms with Gasteiger partial charge in [0, 0.05) is 25.2 Å². The largest absolute Gasteiger partial charge is 0.497 e. The molecule has 3 aliphatic heterocycles. The van der Waals surface area contributed by atoms with E-state index in [1.54, 1.807) is 7.11 Å². The van der Waals surface area contributed by atoms with Gasteiger partial charge in [-0.15, -0.1) is 0 Å². The minimum absolute atomic E-state index is 0.0249. The van der Waals surface area contributed by atoms with Gasteiger partial charge in [0.25, 0.3) is 5.79 Å². The Morgan fingerprint density at radius 2 is 1.12 bits per heavy atom. The van der Waals surface area contributed by atoms with Crippen LogP contribution >= 0.6 is 0 Å². The first-order valence-corrected chi connectivity index (χ1v) is 27.9. The molecule has 432 valence electrons. The number of hydrogen-bond donors (Lipinski definition) is 1. The summed E-state index contributed by atoms with van der Waals surface area (Å²) < 4.78 is 85.6. The Morgan fingerprint density at radius 1 is 0.625 bits per heavy atom. The van der Waals surface area contributed by atoms with Crippen LogP contribution in [0.25, 0.3) is 0 Å². The summed E-state index contributed by atoms with van der Waals surface area (Å²) in [6, 6.07) is 46.1. The lowest BCUT2D eigenvalue weighted by Crippen LogP contribution is -2.67. The quantitative estimate of drug-likeness (QED) is 0.0518. The summed E-state index contributed by atoms with van der Waals surface area (Å²) in [5.74, 6) is -3.36. The van der Waals surface area contributed by atoms with Gasteiger partial charge in [0.2, 0.25) is 6.29 Å². The molecule has 0 bridgehead atoms. The first-order valence-electron chi connectivity index (χ1n) is 27.9. The maximum Gasteiger partial charge on any atom is 0.366 e. The highest BCUT2D eigenvalue weighted by Crippen LogP contribution is 2.45. The van der Waals surface area contributed by atoms with Crippen molar-refractivity contribution in [1.29, 1.82) is 0 Å². The van der Waals surface area contributed by atoms with Crippen molar-refractivity contribution < 1.29 is 76.3 Å². The zero-order valence-electron chi connectivity index (χ0n) is 47.2. The van der Waals surface area contributed by atoms with E-state index < -0.39 is 97.1 Å². The van der Waals surface area contributed by atoms with E-state index in [2.05, 4.69) is 0 Å². The highest BCUT2D eigenvalue weighted by Gasteiger charge is 2.59. The van der Waals surface area contributed by atoms with E-state index >= 15 is 0 Å². The Labute approximate surface area is 471 Å². The van der Waals surface area contributed by atoms with E-state index in [1.807, 2.05) is 180 Å². The molecule has 0 aliphatic carbocycles. The minimum atomic E-state index is -2.09. The van der Waals surface area contributed by atoms with Crippen LogP contribution < -0.4 is 9.47 Å². The molecule has 0 saturated carbocycles. The fraction of sp³-hybridized carbons (Fsp3) is 0.500.